The quantitative estimate of drug-likeness (QED) is 0.301. The van der Waals surface area contributed by atoms with Crippen molar-refractivity contribution in [1.29, 1.82) is 0 Å². The van der Waals surface area contributed by atoms with Gasteiger partial charge >= 0.3 is 0 Å². The van der Waals surface area contributed by atoms with Crippen LogP contribution in [0.25, 0.3) is 5.76 Å². The standard InChI is InChI=1S/C29H29NO5/c1-16-6-7-17(2)21(12-16)15-30-26(20-8-10-22(31)11-9-20)25(28(33)29(30)34)27(32)23-13-19(4)24(35-5)14-18(23)3/h6-14,26,31-32H,15H2,1-5H3/b27-25+. The fourth-order valence-corrected chi connectivity index (χ4v) is 4.61. The van der Waals surface area contributed by atoms with Crippen LogP contribution in [0.5, 0.6) is 11.5 Å². The number of carbonyl (C=O) groups is 2. The number of Topliss-reactive ketones (excluding diaryl/α,β-unsaturated/α-hetero) is 1. The molecule has 0 spiro atoms. The van der Waals surface area contributed by atoms with Gasteiger partial charge in [0.05, 0.1) is 18.7 Å². The van der Waals surface area contributed by atoms with E-state index in [1.165, 1.54) is 17.0 Å². The number of ether oxygens (including phenoxy) is 1. The van der Waals surface area contributed by atoms with E-state index in [0.717, 1.165) is 27.8 Å². The molecule has 1 unspecified atom stereocenters. The Hall–Kier alpha value is -4.06. The number of carbonyl (C=O) groups excluding carboxylic acids is 2. The third-order valence-corrected chi connectivity index (χ3v) is 6.59. The van der Waals surface area contributed by atoms with Gasteiger partial charge in [-0.2, -0.15) is 0 Å². The van der Waals surface area contributed by atoms with Crippen LogP contribution in [0.4, 0.5) is 0 Å². The van der Waals surface area contributed by atoms with Crippen molar-refractivity contribution in [3.8, 4) is 11.5 Å². The molecule has 6 heteroatoms. The van der Waals surface area contributed by atoms with Crippen molar-refractivity contribution < 1.29 is 24.5 Å². The van der Waals surface area contributed by atoms with Crippen molar-refractivity contribution in [2.45, 2.75) is 40.3 Å². The number of phenolic OH excluding ortho intramolecular Hbond substituents is 1. The van der Waals surface area contributed by atoms with Crippen molar-refractivity contribution in [2.75, 3.05) is 7.11 Å². The van der Waals surface area contributed by atoms with Crippen LogP contribution in [0.3, 0.4) is 0 Å². The van der Waals surface area contributed by atoms with E-state index in [4.69, 9.17) is 4.74 Å². The van der Waals surface area contributed by atoms with Crippen LogP contribution in [0.15, 0.2) is 60.2 Å². The Morgan fingerprint density at radius 1 is 0.914 bits per heavy atom. The Kier molecular flexibility index (Phi) is 6.39. The molecule has 1 heterocycles. The molecule has 1 amide bonds. The minimum Gasteiger partial charge on any atom is -0.508 e. The molecule has 1 aliphatic heterocycles. The van der Waals surface area contributed by atoms with Gasteiger partial charge in [-0.05, 0) is 79.8 Å². The molecule has 35 heavy (non-hydrogen) atoms. The molecular formula is C29H29NO5. The maximum Gasteiger partial charge on any atom is 0.295 e. The predicted octanol–water partition coefficient (Wildman–Crippen LogP) is 5.26. The third kappa shape index (κ3) is 4.39. The molecule has 1 saturated heterocycles. The van der Waals surface area contributed by atoms with Gasteiger partial charge in [-0.1, -0.05) is 35.9 Å². The van der Waals surface area contributed by atoms with Crippen LogP contribution in [0, 0.1) is 27.7 Å². The number of aromatic hydroxyl groups is 1. The average molecular weight is 472 g/mol. The number of rotatable bonds is 5. The summed E-state index contributed by atoms with van der Waals surface area (Å²) in [7, 11) is 1.57. The molecule has 0 aliphatic carbocycles. The van der Waals surface area contributed by atoms with Gasteiger partial charge in [-0.15, -0.1) is 0 Å². The summed E-state index contributed by atoms with van der Waals surface area (Å²) in [6.45, 7) is 7.82. The van der Waals surface area contributed by atoms with Gasteiger partial charge in [-0.3, -0.25) is 9.59 Å². The Labute approximate surface area is 205 Å². The van der Waals surface area contributed by atoms with Crippen LogP contribution in [0.1, 0.15) is 45.0 Å². The number of amides is 1. The zero-order chi connectivity index (χ0) is 25.4. The molecule has 0 saturated carbocycles. The molecule has 3 aromatic carbocycles. The summed E-state index contributed by atoms with van der Waals surface area (Å²) in [6, 6.07) is 15.1. The minimum atomic E-state index is -0.808. The van der Waals surface area contributed by atoms with Gasteiger partial charge in [0.15, 0.2) is 0 Å². The number of ketones is 1. The van der Waals surface area contributed by atoms with E-state index < -0.39 is 17.7 Å². The van der Waals surface area contributed by atoms with Gasteiger partial charge < -0.3 is 19.8 Å². The van der Waals surface area contributed by atoms with Crippen molar-refractivity contribution >= 4 is 17.4 Å². The number of aliphatic hydroxyl groups is 1. The molecule has 6 nitrogen and oxygen atoms in total. The van der Waals surface area contributed by atoms with E-state index in [1.54, 1.807) is 31.4 Å². The molecule has 1 atom stereocenters. The van der Waals surface area contributed by atoms with Crippen LogP contribution in [0.2, 0.25) is 0 Å². The lowest BCUT2D eigenvalue weighted by Crippen LogP contribution is -2.29. The first kappa shape index (κ1) is 24.1. The first-order chi connectivity index (χ1) is 16.6. The summed E-state index contributed by atoms with van der Waals surface area (Å²) in [4.78, 5) is 28.2. The first-order valence-corrected chi connectivity index (χ1v) is 11.4. The average Bonchev–Trinajstić information content (AvgIpc) is 3.07. The molecule has 1 aliphatic rings. The summed E-state index contributed by atoms with van der Waals surface area (Å²) in [5.41, 5.74) is 5.61. The normalized spacial score (nSPS) is 17.2. The number of hydrogen-bond donors (Lipinski definition) is 2. The molecule has 3 aromatic rings. The summed E-state index contributed by atoms with van der Waals surface area (Å²) in [5, 5.41) is 21.3. The van der Waals surface area contributed by atoms with Gasteiger partial charge in [0.1, 0.15) is 17.3 Å². The highest BCUT2D eigenvalue weighted by Crippen LogP contribution is 2.42. The van der Waals surface area contributed by atoms with Crippen LogP contribution >= 0.6 is 0 Å². The lowest BCUT2D eigenvalue weighted by molar-refractivity contribution is -0.140. The number of likely N-dealkylation sites (tertiary alicyclic amines) is 1. The van der Waals surface area contributed by atoms with Gasteiger partial charge in [0.25, 0.3) is 11.7 Å². The first-order valence-electron chi connectivity index (χ1n) is 11.4. The SMILES string of the molecule is COc1cc(C)c(/C(O)=C2\C(=O)C(=O)N(Cc3cc(C)ccc3C)C2c2ccc(O)cc2)cc1C. The predicted molar refractivity (Wildman–Crippen MR) is 134 cm³/mol. The van der Waals surface area contributed by atoms with Gasteiger partial charge in [0.2, 0.25) is 0 Å². The third-order valence-electron chi connectivity index (χ3n) is 6.59. The molecule has 0 bridgehead atoms. The second-order valence-corrected chi connectivity index (χ2v) is 9.09. The second-order valence-electron chi connectivity index (χ2n) is 9.09. The topological polar surface area (TPSA) is 87.1 Å². The zero-order valence-electron chi connectivity index (χ0n) is 20.5. The highest BCUT2D eigenvalue weighted by molar-refractivity contribution is 6.46. The number of nitrogens with zero attached hydrogens (tertiary/aromatic N) is 1. The monoisotopic (exact) mass is 471 g/mol. The minimum absolute atomic E-state index is 0.0265. The molecule has 0 aromatic heterocycles. The molecule has 2 N–H and O–H groups in total. The zero-order valence-corrected chi connectivity index (χ0v) is 20.5. The Morgan fingerprint density at radius 3 is 2.26 bits per heavy atom. The van der Waals surface area contributed by atoms with Crippen LogP contribution in [-0.2, 0) is 16.1 Å². The summed E-state index contributed by atoms with van der Waals surface area (Å²) in [5.74, 6) is -0.897. The number of aryl methyl sites for hydroxylation is 4. The van der Waals surface area contributed by atoms with E-state index in [1.807, 2.05) is 45.9 Å². The van der Waals surface area contributed by atoms with Crippen molar-refractivity contribution in [3.63, 3.8) is 0 Å². The lowest BCUT2D eigenvalue weighted by Gasteiger charge is -2.26. The Balaban J connectivity index is 1.91. The largest absolute Gasteiger partial charge is 0.508 e. The number of hydrogen-bond acceptors (Lipinski definition) is 5. The molecule has 180 valence electrons. The maximum absolute atomic E-state index is 13.4. The van der Waals surface area contributed by atoms with Crippen molar-refractivity contribution in [3.05, 3.63) is 99.1 Å². The van der Waals surface area contributed by atoms with Gasteiger partial charge in [0, 0.05) is 12.1 Å². The van der Waals surface area contributed by atoms with E-state index in [-0.39, 0.29) is 23.6 Å². The second kappa shape index (κ2) is 9.29. The van der Waals surface area contributed by atoms with E-state index in [9.17, 15) is 19.8 Å². The lowest BCUT2D eigenvalue weighted by atomic mass is 9.93. The number of phenols is 1. The fourth-order valence-electron chi connectivity index (χ4n) is 4.61. The van der Waals surface area contributed by atoms with E-state index in [0.29, 0.717) is 16.9 Å². The smallest absolute Gasteiger partial charge is 0.295 e. The van der Waals surface area contributed by atoms with Gasteiger partial charge in [-0.25, -0.2) is 0 Å². The van der Waals surface area contributed by atoms with Crippen LogP contribution < -0.4 is 4.74 Å². The van der Waals surface area contributed by atoms with Crippen molar-refractivity contribution in [2.24, 2.45) is 0 Å². The molecular weight excluding hydrogens is 442 g/mol. The van der Waals surface area contributed by atoms with Crippen LogP contribution in [-0.4, -0.2) is 33.9 Å². The van der Waals surface area contributed by atoms with E-state index in [2.05, 4.69) is 0 Å². The highest BCUT2D eigenvalue weighted by atomic mass is 16.5. The maximum atomic E-state index is 13.4. The van der Waals surface area contributed by atoms with Crippen molar-refractivity contribution in [1.82, 2.24) is 4.90 Å². The summed E-state index contributed by atoms with van der Waals surface area (Å²) >= 11 is 0. The highest BCUT2D eigenvalue weighted by Gasteiger charge is 2.46. The molecule has 1 fully saturated rings. The number of benzene rings is 3. The Bertz CT molecular complexity index is 1350. The molecule has 0 radical (unpaired) electrons. The summed E-state index contributed by atoms with van der Waals surface area (Å²) < 4.78 is 5.38. The fraction of sp³-hybridized carbons (Fsp3) is 0.241. The Morgan fingerprint density at radius 2 is 1.60 bits per heavy atom. The number of aliphatic hydroxyl groups excluding tert-OH is 1. The summed E-state index contributed by atoms with van der Waals surface area (Å²) in [6.07, 6.45) is 0. The number of methoxy groups -OCH3 is 1. The molecule has 4 rings (SSSR count). The van der Waals surface area contributed by atoms with E-state index >= 15 is 0 Å².